The number of carbonyl (C=O) groups excluding carboxylic acids is 1. The number of aromatic nitrogens is 2. The van der Waals surface area contributed by atoms with Gasteiger partial charge in [0.1, 0.15) is 12.1 Å². The lowest BCUT2D eigenvalue weighted by atomic mass is 10.3. The predicted molar refractivity (Wildman–Crippen MR) is 53.1 cm³/mol. The van der Waals surface area contributed by atoms with E-state index in [4.69, 9.17) is 4.42 Å². The first-order valence-electron chi connectivity index (χ1n) is 4.53. The summed E-state index contributed by atoms with van der Waals surface area (Å²) in [6, 6.07) is 1.64. The van der Waals surface area contributed by atoms with Crippen molar-refractivity contribution in [3.8, 4) is 0 Å². The van der Waals surface area contributed by atoms with E-state index < -0.39 is 0 Å². The molecule has 0 bridgehead atoms. The molecule has 2 heterocycles. The van der Waals surface area contributed by atoms with Crippen LogP contribution in [0.3, 0.4) is 0 Å². The van der Waals surface area contributed by atoms with E-state index >= 15 is 0 Å². The van der Waals surface area contributed by atoms with Crippen LogP contribution in [0.15, 0.2) is 35.4 Å². The Balaban J connectivity index is 2.03. The van der Waals surface area contributed by atoms with Crippen molar-refractivity contribution < 1.29 is 9.21 Å². The number of hydrogen-bond acceptors (Lipinski definition) is 3. The summed E-state index contributed by atoms with van der Waals surface area (Å²) in [7, 11) is 1.72. The highest BCUT2D eigenvalue weighted by Crippen LogP contribution is 2.06. The minimum atomic E-state index is -0.0832. The molecule has 5 heteroatoms. The molecule has 0 unspecified atom stereocenters. The summed E-state index contributed by atoms with van der Waals surface area (Å²) in [5, 5.41) is 0. The number of H-pyrrole nitrogens is 1. The molecule has 0 aromatic carbocycles. The van der Waals surface area contributed by atoms with E-state index in [0.717, 1.165) is 5.82 Å². The number of hydrogen-bond donors (Lipinski definition) is 1. The average molecular weight is 205 g/mol. The highest BCUT2D eigenvalue weighted by molar-refractivity contribution is 5.93. The average Bonchev–Trinajstić information content (AvgIpc) is 2.88. The second-order valence-electron chi connectivity index (χ2n) is 3.21. The maximum atomic E-state index is 11.8. The fourth-order valence-electron chi connectivity index (χ4n) is 1.29. The van der Waals surface area contributed by atoms with Gasteiger partial charge >= 0.3 is 0 Å². The molecule has 1 amide bonds. The molecular formula is C10H11N3O2. The number of furan rings is 1. The van der Waals surface area contributed by atoms with Crippen LogP contribution in [0.4, 0.5) is 0 Å². The third-order valence-electron chi connectivity index (χ3n) is 2.06. The first-order chi connectivity index (χ1) is 7.27. The van der Waals surface area contributed by atoms with Gasteiger partial charge in [0.15, 0.2) is 0 Å². The summed E-state index contributed by atoms with van der Waals surface area (Å²) in [4.78, 5) is 20.3. The van der Waals surface area contributed by atoms with Crippen LogP contribution >= 0.6 is 0 Å². The van der Waals surface area contributed by atoms with Gasteiger partial charge in [0.05, 0.1) is 18.4 Å². The quantitative estimate of drug-likeness (QED) is 0.820. The van der Waals surface area contributed by atoms with Crippen molar-refractivity contribution in [3.05, 3.63) is 42.4 Å². The molecule has 5 nitrogen and oxygen atoms in total. The molecule has 2 rings (SSSR count). The van der Waals surface area contributed by atoms with Gasteiger partial charge in [-0.25, -0.2) is 4.98 Å². The number of nitrogens with one attached hydrogen (secondary N) is 1. The summed E-state index contributed by atoms with van der Waals surface area (Å²) < 4.78 is 4.85. The lowest BCUT2D eigenvalue weighted by molar-refractivity contribution is 0.0781. The number of imidazole rings is 1. The van der Waals surface area contributed by atoms with Crippen molar-refractivity contribution in [2.24, 2.45) is 0 Å². The molecule has 0 saturated heterocycles. The van der Waals surface area contributed by atoms with Crippen molar-refractivity contribution in [2.45, 2.75) is 6.54 Å². The molecule has 2 aromatic rings. The number of carbonyl (C=O) groups is 1. The van der Waals surface area contributed by atoms with Crippen LogP contribution in [-0.4, -0.2) is 27.8 Å². The Labute approximate surface area is 86.7 Å². The van der Waals surface area contributed by atoms with E-state index in [9.17, 15) is 4.79 Å². The topological polar surface area (TPSA) is 62.1 Å². The zero-order valence-corrected chi connectivity index (χ0v) is 8.30. The number of amides is 1. The van der Waals surface area contributed by atoms with Crippen molar-refractivity contribution in [1.29, 1.82) is 0 Å². The third-order valence-corrected chi connectivity index (χ3v) is 2.06. The van der Waals surface area contributed by atoms with E-state index in [0.29, 0.717) is 12.1 Å². The van der Waals surface area contributed by atoms with Crippen LogP contribution in [0.2, 0.25) is 0 Å². The molecule has 0 aliphatic carbocycles. The highest BCUT2D eigenvalue weighted by Gasteiger charge is 2.13. The van der Waals surface area contributed by atoms with Crippen molar-refractivity contribution in [3.63, 3.8) is 0 Å². The highest BCUT2D eigenvalue weighted by atomic mass is 16.3. The van der Waals surface area contributed by atoms with E-state index in [2.05, 4.69) is 9.97 Å². The first-order valence-corrected chi connectivity index (χ1v) is 4.53. The second-order valence-corrected chi connectivity index (χ2v) is 3.21. The molecule has 0 radical (unpaired) electrons. The number of rotatable bonds is 3. The van der Waals surface area contributed by atoms with E-state index in [-0.39, 0.29) is 5.91 Å². The van der Waals surface area contributed by atoms with Crippen molar-refractivity contribution in [2.75, 3.05) is 7.05 Å². The van der Waals surface area contributed by atoms with Crippen LogP contribution in [0.25, 0.3) is 0 Å². The first kappa shape index (κ1) is 9.51. The molecule has 78 valence electrons. The summed E-state index contributed by atoms with van der Waals surface area (Å²) in [5.41, 5.74) is 0.545. The fourth-order valence-corrected chi connectivity index (χ4v) is 1.29. The summed E-state index contributed by atoms with van der Waals surface area (Å²) >= 11 is 0. The predicted octanol–water partition coefficient (Wildman–Crippen LogP) is 1.27. The van der Waals surface area contributed by atoms with Crippen LogP contribution < -0.4 is 0 Å². The van der Waals surface area contributed by atoms with Crippen LogP contribution in [0.1, 0.15) is 16.2 Å². The molecule has 0 atom stereocenters. The fraction of sp³-hybridized carbons (Fsp3) is 0.200. The van der Waals surface area contributed by atoms with Gasteiger partial charge in [-0.15, -0.1) is 0 Å². The standard InChI is InChI=1S/C10H11N3O2/c1-13(6-9-11-3-4-12-9)10(14)8-2-5-15-7-8/h2-5,7H,6H2,1H3,(H,11,12). The lowest BCUT2D eigenvalue weighted by Crippen LogP contribution is -2.26. The van der Waals surface area contributed by atoms with E-state index in [1.165, 1.54) is 12.5 Å². The van der Waals surface area contributed by atoms with Crippen LogP contribution in [0, 0.1) is 0 Å². The van der Waals surface area contributed by atoms with Crippen LogP contribution in [0.5, 0.6) is 0 Å². The van der Waals surface area contributed by atoms with Gasteiger partial charge < -0.3 is 14.3 Å². The Hall–Kier alpha value is -2.04. The Morgan fingerprint density at radius 2 is 2.53 bits per heavy atom. The van der Waals surface area contributed by atoms with Gasteiger partial charge in [-0.1, -0.05) is 0 Å². The number of nitrogens with zero attached hydrogens (tertiary/aromatic N) is 2. The van der Waals surface area contributed by atoms with E-state index in [1.807, 2.05) is 0 Å². The van der Waals surface area contributed by atoms with Crippen LogP contribution in [-0.2, 0) is 6.54 Å². The van der Waals surface area contributed by atoms with Gasteiger partial charge in [0.2, 0.25) is 0 Å². The molecule has 0 fully saturated rings. The minimum absolute atomic E-state index is 0.0832. The molecular weight excluding hydrogens is 194 g/mol. The molecule has 0 aliphatic rings. The summed E-state index contributed by atoms with van der Waals surface area (Å²) in [5.74, 6) is 0.675. The lowest BCUT2D eigenvalue weighted by Gasteiger charge is -2.14. The normalized spacial score (nSPS) is 10.2. The Morgan fingerprint density at radius 3 is 3.13 bits per heavy atom. The maximum Gasteiger partial charge on any atom is 0.257 e. The Morgan fingerprint density at radius 1 is 1.67 bits per heavy atom. The Bertz CT molecular complexity index is 419. The summed E-state index contributed by atoms with van der Waals surface area (Å²) in [6.45, 7) is 0.455. The zero-order chi connectivity index (χ0) is 10.7. The molecule has 0 aliphatic heterocycles. The van der Waals surface area contributed by atoms with Gasteiger partial charge in [-0.3, -0.25) is 4.79 Å². The third kappa shape index (κ3) is 2.07. The molecule has 0 saturated carbocycles. The second kappa shape index (κ2) is 4.00. The van der Waals surface area contributed by atoms with Gasteiger partial charge in [0.25, 0.3) is 5.91 Å². The van der Waals surface area contributed by atoms with E-state index in [1.54, 1.807) is 30.4 Å². The minimum Gasteiger partial charge on any atom is -0.472 e. The van der Waals surface area contributed by atoms with Crippen molar-refractivity contribution >= 4 is 5.91 Å². The van der Waals surface area contributed by atoms with Gasteiger partial charge in [0, 0.05) is 19.4 Å². The SMILES string of the molecule is CN(Cc1ncc[nH]1)C(=O)c1ccoc1. The molecule has 0 spiro atoms. The van der Waals surface area contributed by atoms with Crippen molar-refractivity contribution in [1.82, 2.24) is 14.9 Å². The largest absolute Gasteiger partial charge is 0.472 e. The monoisotopic (exact) mass is 205 g/mol. The zero-order valence-electron chi connectivity index (χ0n) is 8.30. The molecule has 15 heavy (non-hydrogen) atoms. The molecule has 1 N–H and O–H groups in total. The Kier molecular flexibility index (Phi) is 2.53. The molecule has 2 aromatic heterocycles. The maximum absolute atomic E-state index is 11.8. The summed E-state index contributed by atoms with van der Waals surface area (Å²) in [6.07, 6.45) is 6.30. The van der Waals surface area contributed by atoms with Gasteiger partial charge in [-0.05, 0) is 6.07 Å². The smallest absolute Gasteiger partial charge is 0.257 e. The van der Waals surface area contributed by atoms with Gasteiger partial charge in [-0.2, -0.15) is 0 Å². The number of aromatic amines is 1.